The van der Waals surface area contributed by atoms with Crippen molar-refractivity contribution in [1.82, 2.24) is 16.3 Å². The Balaban J connectivity index is 2.37. The van der Waals surface area contributed by atoms with Gasteiger partial charge in [0.2, 0.25) is 0 Å². The normalized spacial score (nSPS) is 19.7. The van der Waals surface area contributed by atoms with E-state index in [1.165, 1.54) is 42.3 Å². The fourth-order valence-electron chi connectivity index (χ4n) is 2.82. The average Bonchev–Trinajstić information content (AvgIpc) is 2.66. The maximum absolute atomic E-state index is 12.8. The van der Waals surface area contributed by atoms with Crippen molar-refractivity contribution in [3.05, 3.63) is 24.3 Å². The molecule has 1 saturated heterocycles. The highest BCUT2D eigenvalue weighted by molar-refractivity contribution is 7.92. The lowest BCUT2D eigenvalue weighted by atomic mass is 9.87. The summed E-state index contributed by atoms with van der Waals surface area (Å²) < 4.78 is 30.7. The predicted octanol–water partition coefficient (Wildman–Crippen LogP) is -1.03. The summed E-state index contributed by atoms with van der Waals surface area (Å²) >= 11 is 0. The van der Waals surface area contributed by atoms with E-state index in [0.717, 1.165) is 0 Å². The highest BCUT2D eigenvalue weighted by Crippen LogP contribution is 2.30. The number of hydrogen-bond donors (Lipinski definition) is 5. The zero-order valence-corrected chi connectivity index (χ0v) is 14.2. The molecule has 1 aliphatic rings. The molecule has 1 heterocycles. The zero-order chi connectivity index (χ0) is 18.7. The van der Waals surface area contributed by atoms with Crippen LogP contribution in [0.4, 0.5) is 0 Å². The van der Waals surface area contributed by atoms with Gasteiger partial charge >= 0.3 is 0 Å². The van der Waals surface area contributed by atoms with Gasteiger partial charge in [-0.2, -0.15) is 0 Å². The number of sulfone groups is 1. The Morgan fingerprint density at radius 2 is 1.76 bits per heavy atom. The number of methoxy groups -OCH3 is 1. The van der Waals surface area contributed by atoms with Crippen molar-refractivity contribution >= 4 is 21.7 Å². The first-order valence-corrected chi connectivity index (χ1v) is 8.88. The monoisotopic (exact) mass is 373 g/mol. The molecule has 138 valence electrons. The second-order valence-corrected chi connectivity index (χ2v) is 7.78. The van der Waals surface area contributed by atoms with E-state index in [1.54, 1.807) is 0 Å². The number of hydroxylamine groups is 2. The fourth-order valence-corrected chi connectivity index (χ4v) is 4.62. The SMILES string of the molecule is COc1ccc(S(=O)(=O)C2CCNC(C(=O)NO)(C(=O)NO)C2)cc1. The second kappa shape index (κ2) is 7.35. The lowest BCUT2D eigenvalue weighted by molar-refractivity contribution is -0.150. The third kappa shape index (κ3) is 3.44. The summed E-state index contributed by atoms with van der Waals surface area (Å²) in [6.45, 7) is 0.0148. The smallest absolute Gasteiger partial charge is 0.273 e. The molecule has 0 saturated carbocycles. The van der Waals surface area contributed by atoms with Gasteiger partial charge in [-0.15, -0.1) is 0 Å². The number of hydrogen-bond acceptors (Lipinski definition) is 8. The van der Waals surface area contributed by atoms with Gasteiger partial charge in [0.25, 0.3) is 11.8 Å². The molecule has 11 heteroatoms. The van der Waals surface area contributed by atoms with E-state index < -0.39 is 38.9 Å². The van der Waals surface area contributed by atoms with Crippen LogP contribution in [-0.4, -0.2) is 55.1 Å². The molecule has 1 aromatic rings. The van der Waals surface area contributed by atoms with Crippen LogP contribution in [0.1, 0.15) is 12.8 Å². The Hall–Kier alpha value is -2.21. The number of rotatable bonds is 5. The van der Waals surface area contributed by atoms with Gasteiger partial charge in [0.1, 0.15) is 5.75 Å². The van der Waals surface area contributed by atoms with Crippen LogP contribution in [0.3, 0.4) is 0 Å². The summed E-state index contributed by atoms with van der Waals surface area (Å²) in [7, 11) is -2.41. The molecule has 2 rings (SSSR count). The van der Waals surface area contributed by atoms with Crippen LogP contribution in [-0.2, 0) is 19.4 Å². The number of carbonyl (C=O) groups is 2. The van der Waals surface area contributed by atoms with Gasteiger partial charge in [0.05, 0.1) is 17.3 Å². The summed E-state index contributed by atoms with van der Waals surface area (Å²) in [6, 6.07) is 5.72. The average molecular weight is 373 g/mol. The molecule has 0 bridgehead atoms. The molecule has 0 spiro atoms. The van der Waals surface area contributed by atoms with Gasteiger partial charge in [-0.25, -0.2) is 19.4 Å². The van der Waals surface area contributed by atoms with E-state index in [0.29, 0.717) is 5.75 Å². The maximum Gasteiger partial charge on any atom is 0.273 e. The van der Waals surface area contributed by atoms with Crippen LogP contribution in [0.5, 0.6) is 5.75 Å². The van der Waals surface area contributed by atoms with E-state index in [1.807, 2.05) is 0 Å². The molecule has 10 nitrogen and oxygen atoms in total. The minimum Gasteiger partial charge on any atom is -0.497 e. The molecule has 25 heavy (non-hydrogen) atoms. The minimum absolute atomic E-state index is 0.0148. The van der Waals surface area contributed by atoms with Crippen molar-refractivity contribution in [2.45, 2.75) is 28.5 Å². The Labute approximate surface area is 144 Å². The number of amides is 2. The van der Waals surface area contributed by atoms with Crippen molar-refractivity contribution in [2.75, 3.05) is 13.7 Å². The molecule has 1 unspecified atom stereocenters. The van der Waals surface area contributed by atoms with E-state index in [2.05, 4.69) is 5.32 Å². The third-order valence-corrected chi connectivity index (χ3v) is 6.44. The van der Waals surface area contributed by atoms with Crippen LogP contribution >= 0.6 is 0 Å². The summed E-state index contributed by atoms with van der Waals surface area (Å²) in [5, 5.41) is 19.3. The van der Waals surface area contributed by atoms with Gasteiger partial charge in [-0.3, -0.25) is 25.3 Å². The van der Waals surface area contributed by atoms with Crippen LogP contribution < -0.4 is 21.0 Å². The molecule has 1 aliphatic heterocycles. The lowest BCUT2D eigenvalue weighted by Crippen LogP contribution is -2.68. The highest BCUT2D eigenvalue weighted by atomic mass is 32.2. The standard InChI is InChI=1S/C14H19N3O7S/c1-24-9-2-4-10(5-3-9)25(22,23)11-6-7-15-14(8-11,12(18)16-20)13(19)17-21/h2-5,11,15,20-21H,6-8H2,1H3,(H,16,18)(H,17,19). The Kier molecular flexibility index (Phi) is 5.62. The van der Waals surface area contributed by atoms with Gasteiger partial charge in [-0.05, 0) is 37.2 Å². The van der Waals surface area contributed by atoms with Gasteiger partial charge in [0, 0.05) is 6.42 Å². The first-order chi connectivity index (χ1) is 11.8. The molecule has 1 aromatic carbocycles. The maximum atomic E-state index is 12.8. The molecule has 0 radical (unpaired) electrons. The topological polar surface area (TPSA) is 154 Å². The molecular formula is C14H19N3O7S. The highest BCUT2D eigenvalue weighted by Gasteiger charge is 2.52. The van der Waals surface area contributed by atoms with Crippen molar-refractivity contribution < 1.29 is 33.2 Å². The van der Waals surface area contributed by atoms with Crippen molar-refractivity contribution in [1.29, 1.82) is 0 Å². The quantitative estimate of drug-likeness (QED) is 0.249. The molecule has 1 atom stereocenters. The molecular weight excluding hydrogens is 354 g/mol. The van der Waals surface area contributed by atoms with Crippen LogP contribution in [0, 0.1) is 0 Å². The molecule has 5 N–H and O–H groups in total. The first-order valence-electron chi connectivity index (χ1n) is 7.34. The summed E-state index contributed by atoms with van der Waals surface area (Å²) in [4.78, 5) is 24.0. The second-order valence-electron chi connectivity index (χ2n) is 5.55. The number of ether oxygens (including phenoxy) is 1. The van der Waals surface area contributed by atoms with Crippen LogP contribution in [0.2, 0.25) is 0 Å². The molecule has 0 aromatic heterocycles. The lowest BCUT2D eigenvalue weighted by Gasteiger charge is -2.37. The van der Waals surface area contributed by atoms with E-state index in [-0.39, 0.29) is 17.9 Å². The van der Waals surface area contributed by atoms with Crippen molar-refractivity contribution in [3.8, 4) is 5.75 Å². The van der Waals surface area contributed by atoms with Crippen LogP contribution in [0.15, 0.2) is 29.2 Å². The largest absolute Gasteiger partial charge is 0.497 e. The fraction of sp³-hybridized carbons (Fsp3) is 0.429. The number of carbonyl (C=O) groups excluding carboxylic acids is 2. The van der Waals surface area contributed by atoms with Crippen LogP contribution in [0.25, 0.3) is 0 Å². The summed E-state index contributed by atoms with van der Waals surface area (Å²) in [5.74, 6) is -1.83. The summed E-state index contributed by atoms with van der Waals surface area (Å²) in [6.07, 6.45) is -0.312. The Bertz CT molecular complexity index is 732. The molecule has 2 amide bonds. The number of nitrogens with one attached hydrogen (secondary N) is 3. The first kappa shape index (κ1) is 19.1. The zero-order valence-electron chi connectivity index (χ0n) is 13.4. The number of benzene rings is 1. The van der Waals surface area contributed by atoms with E-state index >= 15 is 0 Å². The number of piperidine rings is 1. The third-order valence-electron chi connectivity index (χ3n) is 4.23. The van der Waals surface area contributed by atoms with Gasteiger partial charge in [0.15, 0.2) is 15.4 Å². The van der Waals surface area contributed by atoms with Crippen molar-refractivity contribution in [2.24, 2.45) is 0 Å². The van der Waals surface area contributed by atoms with Gasteiger partial charge in [-0.1, -0.05) is 0 Å². The van der Waals surface area contributed by atoms with E-state index in [4.69, 9.17) is 15.2 Å². The van der Waals surface area contributed by atoms with E-state index in [9.17, 15) is 18.0 Å². The Morgan fingerprint density at radius 1 is 1.20 bits per heavy atom. The summed E-state index contributed by atoms with van der Waals surface area (Å²) in [5.41, 5.74) is 0.561. The Morgan fingerprint density at radius 3 is 2.24 bits per heavy atom. The van der Waals surface area contributed by atoms with Crippen molar-refractivity contribution in [3.63, 3.8) is 0 Å². The minimum atomic E-state index is -3.86. The molecule has 1 fully saturated rings. The molecule has 0 aliphatic carbocycles. The van der Waals surface area contributed by atoms with Gasteiger partial charge < -0.3 is 4.74 Å². The predicted molar refractivity (Wildman–Crippen MR) is 83.8 cm³/mol.